The average molecular weight is 303 g/mol. The van der Waals surface area contributed by atoms with Gasteiger partial charge in [-0.15, -0.1) is 0 Å². The third-order valence-corrected chi connectivity index (χ3v) is 3.45. The number of nitrogen functional groups attached to an aromatic ring is 1. The summed E-state index contributed by atoms with van der Waals surface area (Å²) in [5.41, 5.74) is 6.87. The molecule has 5 heteroatoms. The Morgan fingerprint density at radius 1 is 0.944 bits per heavy atom. The van der Waals surface area contributed by atoms with Gasteiger partial charge in [0.2, 0.25) is 0 Å². The molecule has 0 aliphatic carbocycles. The van der Waals surface area contributed by atoms with E-state index in [0.29, 0.717) is 26.5 Å². The summed E-state index contributed by atoms with van der Waals surface area (Å²) < 4.78 is 5.58. The fourth-order valence-corrected chi connectivity index (χ4v) is 2.10. The molecule has 0 bridgehead atoms. The van der Waals surface area contributed by atoms with Crippen molar-refractivity contribution in [2.75, 3.05) is 5.73 Å². The van der Waals surface area contributed by atoms with Crippen molar-refractivity contribution in [2.45, 2.75) is 6.61 Å². The summed E-state index contributed by atoms with van der Waals surface area (Å²) in [7, 11) is 0. The van der Waals surface area contributed by atoms with E-state index < -0.39 is 0 Å². The van der Waals surface area contributed by atoms with Crippen molar-refractivity contribution in [1.82, 2.24) is 0 Å². The largest absolute Gasteiger partial charge is 0.489 e. The van der Waals surface area contributed by atoms with E-state index in [2.05, 4.69) is 0 Å². The number of benzene rings is 2. The maximum absolute atomic E-state index is 6.04. The summed E-state index contributed by atoms with van der Waals surface area (Å²) in [6.45, 7) is 0.277. The van der Waals surface area contributed by atoms with Gasteiger partial charge in [-0.05, 0) is 24.3 Å². The van der Waals surface area contributed by atoms with E-state index in [9.17, 15) is 0 Å². The highest BCUT2D eigenvalue weighted by Gasteiger charge is 2.07. The molecule has 0 aliphatic rings. The number of nitrogens with two attached hydrogens (primary N) is 1. The predicted molar refractivity (Wildman–Crippen MR) is 76.7 cm³/mol. The lowest BCUT2D eigenvalue weighted by atomic mass is 10.2. The van der Waals surface area contributed by atoms with Crippen molar-refractivity contribution in [2.24, 2.45) is 0 Å². The van der Waals surface area contributed by atoms with Crippen LogP contribution in [0.25, 0.3) is 0 Å². The molecule has 2 nitrogen and oxygen atoms in total. The molecule has 0 saturated heterocycles. The highest BCUT2D eigenvalue weighted by atomic mass is 35.5. The zero-order valence-electron chi connectivity index (χ0n) is 9.29. The van der Waals surface area contributed by atoms with Crippen LogP contribution in [0.15, 0.2) is 36.4 Å². The monoisotopic (exact) mass is 301 g/mol. The Labute approximate surface area is 120 Å². The molecule has 0 spiro atoms. The predicted octanol–water partition coefficient (Wildman–Crippen LogP) is 4.81. The van der Waals surface area contributed by atoms with Gasteiger partial charge in [-0.2, -0.15) is 0 Å². The summed E-state index contributed by atoms with van der Waals surface area (Å²) >= 11 is 18.0. The van der Waals surface area contributed by atoms with Crippen LogP contribution in [0, 0.1) is 0 Å². The number of halogens is 3. The van der Waals surface area contributed by atoms with Crippen molar-refractivity contribution >= 4 is 40.5 Å². The molecule has 2 N–H and O–H groups in total. The Morgan fingerprint density at radius 2 is 1.61 bits per heavy atom. The maximum atomic E-state index is 6.04. The number of rotatable bonds is 3. The molecule has 94 valence electrons. The number of hydrogen-bond donors (Lipinski definition) is 1. The normalized spacial score (nSPS) is 10.4. The van der Waals surface area contributed by atoms with Gasteiger partial charge in [-0.3, -0.25) is 0 Å². The first-order chi connectivity index (χ1) is 8.58. The molecule has 0 aliphatic heterocycles. The van der Waals surface area contributed by atoms with Gasteiger partial charge in [-0.25, -0.2) is 0 Å². The van der Waals surface area contributed by atoms with Gasteiger partial charge in [-0.1, -0.05) is 40.9 Å². The van der Waals surface area contributed by atoms with E-state index in [0.717, 1.165) is 5.56 Å². The first kappa shape index (κ1) is 13.3. The molecule has 2 rings (SSSR count). The minimum absolute atomic E-state index is 0.277. The summed E-state index contributed by atoms with van der Waals surface area (Å²) in [5, 5.41) is 1.60. The second kappa shape index (κ2) is 5.70. The molecular formula is C13H10Cl3NO. The zero-order valence-corrected chi connectivity index (χ0v) is 11.6. The van der Waals surface area contributed by atoms with Crippen LogP contribution in [-0.4, -0.2) is 0 Å². The smallest absolute Gasteiger partial charge is 0.121 e. The van der Waals surface area contributed by atoms with Crippen LogP contribution in [0.5, 0.6) is 5.75 Å². The molecule has 18 heavy (non-hydrogen) atoms. The molecule has 0 aromatic heterocycles. The SMILES string of the molecule is Nc1ccc(OCc2c(Cl)cccc2Cl)cc1Cl. The molecule has 2 aromatic carbocycles. The third kappa shape index (κ3) is 3.02. The fraction of sp³-hybridized carbons (Fsp3) is 0.0769. The van der Waals surface area contributed by atoms with E-state index in [-0.39, 0.29) is 6.61 Å². The average Bonchev–Trinajstić information content (AvgIpc) is 2.33. The Balaban J connectivity index is 2.14. The number of hydrogen-bond acceptors (Lipinski definition) is 2. The quantitative estimate of drug-likeness (QED) is 0.826. The van der Waals surface area contributed by atoms with Gasteiger partial charge in [0.25, 0.3) is 0 Å². The standard InChI is InChI=1S/C13H10Cl3NO/c14-10-2-1-3-11(15)9(10)7-18-8-4-5-13(17)12(16)6-8/h1-6H,7,17H2. The highest BCUT2D eigenvalue weighted by Crippen LogP contribution is 2.28. The minimum atomic E-state index is 0.277. The van der Waals surface area contributed by atoms with Crippen LogP contribution in [0.2, 0.25) is 15.1 Å². The van der Waals surface area contributed by atoms with Crippen molar-refractivity contribution in [3.63, 3.8) is 0 Å². The van der Waals surface area contributed by atoms with E-state index in [1.807, 2.05) is 0 Å². The van der Waals surface area contributed by atoms with Crippen LogP contribution < -0.4 is 10.5 Å². The van der Waals surface area contributed by atoms with Crippen LogP contribution in [0.3, 0.4) is 0 Å². The van der Waals surface area contributed by atoms with Gasteiger partial charge in [0.15, 0.2) is 0 Å². The van der Waals surface area contributed by atoms with Gasteiger partial charge in [0, 0.05) is 21.7 Å². The summed E-state index contributed by atoms with van der Waals surface area (Å²) in [4.78, 5) is 0. The molecule has 0 atom stereocenters. The first-order valence-corrected chi connectivity index (χ1v) is 6.32. The van der Waals surface area contributed by atoms with Gasteiger partial charge in [0.05, 0.1) is 10.7 Å². The van der Waals surface area contributed by atoms with Gasteiger partial charge < -0.3 is 10.5 Å². The number of anilines is 1. The molecule has 0 heterocycles. The second-order valence-corrected chi connectivity index (χ2v) is 4.89. The lowest BCUT2D eigenvalue weighted by Gasteiger charge is -2.10. The summed E-state index contributed by atoms with van der Waals surface area (Å²) in [5.74, 6) is 0.616. The van der Waals surface area contributed by atoms with Crippen LogP contribution >= 0.6 is 34.8 Å². The molecule has 0 amide bonds. The summed E-state index contributed by atoms with van der Waals surface area (Å²) in [6.07, 6.45) is 0. The van der Waals surface area contributed by atoms with Crippen LogP contribution in [-0.2, 0) is 6.61 Å². The highest BCUT2D eigenvalue weighted by molar-refractivity contribution is 6.36. The van der Waals surface area contributed by atoms with Crippen molar-refractivity contribution < 1.29 is 4.74 Å². The van der Waals surface area contributed by atoms with E-state index in [1.165, 1.54) is 0 Å². The Hall–Kier alpha value is -1.09. The topological polar surface area (TPSA) is 35.2 Å². The zero-order chi connectivity index (χ0) is 13.1. The molecule has 0 fully saturated rings. The minimum Gasteiger partial charge on any atom is -0.489 e. The maximum Gasteiger partial charge on any atom is 0.121 e. The van der Waals surface area contributed by atoms with Crippen LogP contribution in [0.1, 0.15) is 5.56 Å². The fourth-order valence-electron chi connectivity index (χ4n) is 1.42. The molecule has 0 saturated carbocycles. The van der Waals surface area contributed by atoms with Crippen LogP contribution in [0.4, 0.5) is 5.69 Å². The molecular weight excluding hydrogens is 293 g/mol. The van der Waals surface area contributed by atoms with Crippen molar-refractivity contribution in [1.29, 1.82) is 0 Å². The third-order valence-electron chi connectivity index (χ3n) is 2.42. The Kier molecular flexibility index (Phi) is 4.23. The number of ether oxygens (including phenoxy) is 1. The Morgan fingerprint density at radius 3 is 2.22 bits per heavy atom. The van der Waals surface area contributed by atoms with Crippen molar-refractivity contribution in [3.8, 4) is 5.75 Å². The molecule has 0 radical (unpaired) electrons. The van der Waals surface area contributed by atoms with Crippen molar-refractivity contribution in [3.05, 3.63) is 57.0 Å². The second-order valence-electron chi connectivity index (χ2n) is 3.67. The molecule has 0 unspecified atom stereocenters. The van der Waals surface area contributed by atoms with E-state index in [4.69, 9.17) is 45.3 Å². The van der Waals surface area contributed by atoms with Gasteiger partial charge in [0.1, 0.15) is 12.4 Å². The summed E-state index contributed by atoms with van der Waals surface area (Å²) in [6, 6.07) is 10.4. The Bertz CT molecular complexity index is 552. The molecule has 2 aromatic rings. The lowest BCUT2D eigenvalue weighted by Crippen LogP contribution is -1.98. The lowest BCUT2D eigenvalue weighted by molar-refractivity contribution is 0.306. The first-order valence-electron chi connectivity index (χ1n) is 5.18. The van der Waals surface area contributed by atoms with Gasteiger partial charge >= 0.3 is 0 Å². The van der Waals surface area contributed by atoms with E-state index >= 15 is 0 Å². The van der Waals surface area contributed by atoms with E-state index in [1.54, 1.807) is 36.4 Å².